The summed E-state index contributed by atoms with van der Waals surface area (Å²) in [5.74, 6) is 0.201. The molecule has 1 fully saturated rings. The molecule has 0 spiro atoms. The number of hydrogen-bond acceptors (Lipinski definition) is 2. The molecule has 2 rings (SSSR count). The van der Waals surface area contributed by atoms with Crippen molar-refractivity contribution in [1.29, 1.82) is 0 Å². The monoisotopic (exact) mass is 382 g/mol. The Kier molecular flexibility index (Phi) is 7.57. The fourth-order valence-electron chi connectivity index (χ4n) is 2.60. The number of likely N-dealkylation sites (tertiary alicyclic amines) is 1. The third-order valence-electron chi connectivity index (χ3n) is 3.82. The highest BCUT2D eigenvalue weighted by atomic mass is 35.5. The lowest BCUT2D eigenvalue weighted by Gasteiger charge is -2.14. The molecule has 0 saturated carbocycles. The molecule has 1 heterocycles. The standard InChI is InChI=1S/C16H18ClF3N2O.ClH/c1-21-9-11-6-7-22(10-11)15(23)5-2-12-8-13(16(18,19)20)3-4-14(12)17;/h2-5,8,11,21H,6-7,9-10H2,1H3;1H/b5-2+;. The Bertz CT molecular complexity index is 605. The summed E-state index contributed by atoms with van der Waals surface area (Å²) >= 11 is 5.90. The Balaban J connectivity index is 0.00000288. The Morgan fingerprint density at radius 1 is 1.46 bits per heavy atom. The first-order valence-electron chi connectivity index (χ1n) is 7.29. The van der Waals surface area contributed by atoms with Crippen molar-refractivity contribution in [3.05, 3.63) is 40.4 Å². The van der Waals surface area contributed by atoms with Gasteiger partial charge in [0.25, 0.3) is 0 Å². The third kappa shape index (κ3) is 5.40. The number of carbonyl (C=O) groups is 1. The van der Waals surface area contributed by atoms with Gasteiger partial charge >= 0.3 is 6.18 Å². The van der Waals surface area contributed by atoms with Crippen LogP contribution in [0.5, 0.6) is 0 Å². The van der Waals surface area contributed by atoms with E-state index in [0.717, 1.165) is 25.1 Å². The number of nitrogens with zero attached hydrogens (tertiary/aromatic N) is 1. The molecule has 0 radical (unpaired) electrons. The average molecular weight is 383 g/mol. The highest BCUT2D eigenvalue weighted by Crippen LogP contribution is 2.32. The van der Waals surface area contributed by atoms with E-state index >= 15 is 0 Å². The minimum atomic E-state index is -4.44. The Morgan fingerprint density at radius 3 is 2.79 bits per heavy atom. The van der Waals surface area contributed by atoms with Gasteiger partial charge in [0.05, 0.1) is 5.56 Å². The van der Waals surface area contributed by atoms with Crippen molar-refractivity contribution < 1.29 is 18.0 Å². The number of nitrogens with one attached hydrogen (secondary N) is 1. The zero-order chi connectivity index (χ0) is 17.0. The smallest absolute Gasteiger partial charge is 0.339 e. The third-order valence-corrected chi connectivity index (χ3v) is 4.16. The van der Waals surface area contributed by atoms with Gasteiger partial charge in [-0.15, -0.1) is 12.4 Å². The zero-order valence-electron chi connectivity index (χ0n) is 13.1. The van der Waals surface area contributed by atoms with E-state index in [-0.39, 0.29) is 28.9 Å². The molecule has 1 aliphatic heterocycles. The van der Waals surface area contributed by atoms with Gasteiger partial charge in [0, 0.05) is 24.2 Å². The number of amides is 1. The minimum absolute atomic E-state index is 0. The second kappa shape index (κ2) is 8.74. The summed E-state index contributed by atoms with van der Waals surface area (Å²) < 4.78 is 38.1. The summed E-state index contributed by atoms with van der Waals surface area (Å²) in [6.07, 6.45) is -0.897. The first-order chi connectivity index (χ1) is 10.8. The molecule has 0 aromatic heterocycles. The lowest BCUT2D eigenvalue weighted by molar-refractivity contribution is -0.137. The molecular formula is C16H19Cl2F3N2O. The van der Waals surface area contributed by atoms with Gasteiger partial charge in [-0.3, -0.25) is 4.79 Å². The molecule has 1 amide bonds. The van der Waals surface area contributed by atoms with Gasteiger partial charge < -0.3 is 10.2 Å². The van der Waals surface area contributed by atoms with E-state index in [2.05, 4.69) is 5.32 Å². The van der Waals surface area contributed by atoms with Crippen LogP contribution in [0.3, 0.4) is 0 Å². The first kappa shape index (κ1) is 20.8. The summed E-state index contributed by atoms with van der Waals surface area (Å²) in [6, 6.07) is 3.05. The lowest BCUT2D eigenvalue weighted by Crippen LogP contribution is -2.28. The Morgan fingerprint density at radius 2 is 2.17 bits per heavy atom. The van der Waals surface area contributed by atoms with E-state index in [9.17, 15) is 18.0 Å². The topological polar surface area (TPSA) is 32.3 Å². The van der Waals surface area contributed by atoms with Crippen LogP contribution in [0.4, 0.5) is 13.2 Å². The van der Waals surface area contributed by atoms with Crippen molar-refractivity contribution >= 4 is 36.0 Å². The maximum atomic E-state index is 12.7. The van der Waals surface area contributed by atoms with Crippen molar-refractivity contribution in [3.8, 4) is 0 Å². The number of carbonyl (C=O) groups excluding carboxylic acids is 1. The molecule has 0 aliphatic carbocycles. The van der Waals surface area contributed by atoms with Gasteiger partial charge in [0.15, 0.2) is 0 Å². The number of alkyl halides is 3. The van der Waals surface area contributed by atoms with Crippen LogP contribution in [0, 0.1) is 5.92 Å². The molecule has 1 aliphatic rings. The zero-order valence-corrected chi connectivity index (χ0v) is 14.6. The van der Waals surface area contributed by atoms with Crippen LogP contribution < -0.4 is 5.32 Å². The van der Waals surface area contributed by atoms with Crippen molar-refractivity contribution in [2.75, 3.05) is 26.7 Å². The largest absolute Gasteiger partial charge is 0.416 e. The molecule has 1 aromatic rings. The fraction of sp³-hybridized carbons (Fsp3) is 0.438. The normalized spacial score (nSPS) is 18.0. The highest BCUT2D eigenvalue weighted by molar-refractivity contribution is 6.32. The van der Waals surface area contributed by atoms with Crippen molar-refractivity contribution in [2.45, 2.75) is 12.6 Å². The predicted molar refractivity (Wildman–Crippen MR) is 91.3 cm³/mol. The van der Waals surface area contributed by atoms with Crippen LogP contribution in [-0.2, 0) is 11.0 Å². The average Bonchev–Trinajstić information content (AvgIpc) is 2.94. The van der Waals surface area contributed by atoms with Gasteiger partial charge in [0.2, 0.25) is 5.91 Å². The van der Waals surface area contributed by atoms with Gasteiger partial charge in [-0.1, -0.05) is 11.6 Å². The molecule has 8 heteroatoms. The maximum Gasteiger partial charge on any atom is 0.416 e. The molecule has 1 aromatic carbocycles. The summed E-state index contributed by atoms with van der Waals surface area (Å²) in [5.41, 5.74) is -0.606. The summed E-state index contributed by atoms with van der Waals surface area (Å²) in [5, 5.41) is 3.25. The second-order valence-electron chi connectivity index (χ2n) is 5.56. The number of rotatable bonds is 4. The summed E-state index contributed by atoms with van der Waals surface area (Å²) in [6.45, 7) is 2.15. The molecule has 1 saturated heterocycles. The maximum absolute atomic E-state index is 12.7. The van der Waals surface area contributed by atoms with Crippen LogP contribution in [-0.4, -0.2) is 37.5 Å². The Labute approximate surface area is 150 Å². The van der Waals surface area contributed by atoms with E-state index < -0.39 is 11.7 Å². The molecule has 1 unspecified atom stereocenters. The first-order valence-corrected chi connectivity index (χ1v) is 7.67. The second-order valence-corrected chi connectivity index (χ2v) is 5.97. The van der Waals surface area contributed by atoms with E-state index in [1.807, 2.05) is 7.05 Å². The van der Waals surface area contributed by atoms with E-state index in [1.165, 1.54) is 18.2 Å². The summed E-state index contributed by atoms with van der Waals surface area (Å²) in [4.78, 5) is 13.8. The van der Waals surface area contributed by atoms with Crippen molar-refractivity contribution in [2.24, 2.45) is 5.92 Å². The van der Waals surface area contributed by atoms with Crippen LogP contribution in [0.1, 0.15) is 17.5 Å². The molecule has 24 heavy (non-hydrogen) atoms. The summed E-state index contributed by atoms with van der Waals surface area (Å²) in [7, 11) is 1.86. The quantitative estimate of drug-likeness (QED) is 0.801. The van der Waals surface area contributed by atoms with Gasteiger partial charge in [-0.25, -0.2) is 0 Å². The minimum Gasteiger partial charge on any atom is -0.339 e. The van der Waals surface area contributed by atoms with E-state index in [0.29, 0.717) is 19.0 Å². The van der Waals surface area contributed by atoms with Gasteiger partial charge in [0.1, 0.15) is 0 Å². The molecular weight excluding hydrogens is 364 g/mol. The lowest BCUT2D eigenvalue weighted by atomic mass is 10.1. The number of halogens is 5. The molecule has 3 nitrogen and oxygen atoms in total. The molecule has 1 N–H and O–H groups in total. The molecule has 1 atom stereocenters. The van der Waals surface area contributed by atoms with Crippen LogP contribution >= 0.6 is 24.0 Å². The van der Waals surface area contributed by atoms with Gasteiger partial charge in [-0.05, 0) is 55.8 Å². The number of benzene rings is 1. The van der Waals surface area contributed by atoms with Crippen molar-refractivity contribution in [3.63, 3.8) is 0 Å². The number of hydrogen-bond donors (Lipinski definition) is 1. The van der Waals surface area contributed by atoms with Crippen LogP contribution in [0.15, 0.2) is 24.3 Å². The predicted octanol–water partition coefficient (Wildman–Crippen LogP) is 3.86. The van der Waals surface area contributed by atoms with Crippen molar-refractivity contribution in [1.82, 2.24) is 10.2 Å². The van der Waals surface area contributed by atoms with Crippen LogP contribution in [0.2, 0.25) is 5.02 Å². The SMILES string of the molecule is CNCC1CCN(C(=O)/C=C/c2cc(C(F)(F)F)ccc2Cl)C1.Cl. The van der Waals surface area contributed by atoms with Crippen LogP contribution in [0.25, 0.3) is 6.08 Å². The van der Waals surface area contributed by atoms with E-state index in [4.69, 9.17) is 11.6 Å². The molecule has 134 valence electrons. The van der Waals surface area contributed by atoms with E-state index in [1.54, 1.807) is 4.90 Å². The van der Waals surface area contributed by atoms with Gasteiger partial charge in [-0.2, -0.15) is 13.2 Å². The molecule has 0 bridgehead atoms. The highest BCUT2D eigenvalue weighted by Gasteiger charge is 2.30. The Hall–Kier alpha value is -1.24. The fourth-order valence-corrected chi connectivity index (χ4v) is 2.78.